The van der Waals surface area contributed by atoms with Crippen molar-refractivity contribution in [3.05, 3.63) is 218 Å². The van der Waals surface area contributed by atoms with E-state index in [2.05, 4.69) is 162 Å². The first-order chi connectivity index (χ1) is 31.7. The fourth-order valence-corrected chi connectivity index (χ4v) is 9.70. The molecule has 13 rings (SSSR count). The molecule has 0 N–H and O–H groups in total. The third kappa shape index (κ3) is 5.75. The fourth-order valence-electron chi connectivity index (χ4n) is 9.70. The second-order valence-corrected chi connectivity index (χ2v) is 16.3. The minimum atomic E-state index is 0.587. The van der Waals surface area contributed by atoms with Crippen LogP contribution in [-0.2, 0) is 0 Å². The molecule has 0 saturated heterocycles. The summed E-state index contributed by atoms with van der Waals surface area (Å²) in [5.74, 6) is 1.83. The van der Waals surface area contributed by atoms with E-state index in [0.717, 1.165) is 55.3 Å². The van der Waals surface area contributed by atoms with Crippen LogP contribution in [0, 0.1) is 0 Å². The third-order valence-corrected chi connectivity index (χ3v) is 12.6. The number of hydrogen-bond donors (Lipinski definition) is 0. The molecule has 0 atom stereocenters. The Morgan fingerprint density at radius 2 is 0.688 bits per heavy atom. The molecule has 0 spiro atoms. The molecule has 0 aliphatic heterocycles. The average molecular weight is 817 g/mol. The number of hydrogen-bond acceptors (Lipinski definition) is 4. The molecule has 5 nitrogen and oxygen atoms in total. The Hall–Kier alpha value is -8.67. The van der Waals surface area contributed by atoms with Crippen molar-refractivity contribution in [2.24, 2.45) is 0 Å². The smallest absolute Gasteiger partial charge is 0.164 e. The normalized spacial score (nSPS) is 11.8. The summed E-state index contributed by atoms with van der Waals surface area (Å²) in [5.41, 5.74) is 12.3. The van der Waals surface area contributed by atoms with Gasteiger partial charge in [-0.1, -0.05) is 176 Å². The van der Waals surface area contributed by atoms with Gasteiger partial charge in [-0.05, 0) is 80.2 Å². The van der Waals surface area contributed by atoms with Crippen LogP contribution in [-0.4, -0.2) is 19.5 Å². The van der Waals surface area contributed by atoms with E-state index in [1.807, 2.05) is 60.7 Å². The van der Waals surface area contributed by atoms with Crippen molar-refractivity contribution in [2.45, 2.75) is 0 Å². The Morgan fingerprint density at radius 3 is 1.17 bits per heavy atom. The molecular formula is C59H36N4O. The van der Waals surface area contributed by atoms with E-state index in [0.29, 0.717) is 17.5 Å². The van der Waals surface area contributed by atoms with Gasteiger partial charge >= 0.3 is 0 Å². The molecular weight excluding hydrogens is 781 g/mol. The van der Waals surface area contributed by atoms with Crippen molar-refractivity contribution < 1.29 is 4.42 Å². The largest absolute Gasteiger partial charge is 0.456 e. The SMILES string of the molecule is c1ccc(-c2nc(-c3ccccc3)nc(-c3ccc4c(c3)oc3cc(-n5c6cc(-c7ccccc7)c7ccccc7c6c6c7ccccc7c(-c7ccccc7)cc65)ccc34)n2)cc1. The lowest BCUT2D eigenvalue weighted by Gasteiger charge is -2.13. The summed E-state index contributed by atoms with van der Waals surface area (Å²) in [6, 6.07) is 77.0. The molecule has 298 valence electrons. The third-order valence-electron chi connectivity index (χ3n) is 12.6. The summed E-state index contributed by atoms with van der Waals surface area (Å²) in [7, 11) is 0. The second-order valence-electron chi connectivity index (χ2n) is 16.3. The van der Waals surface area contributed by atoms with Crippen LogP contribution in [0.5, 0.6) is 0 Å². The first-order valence-electron chi connectivity index (χ1n) is 21.6. The zero-order chi connectivity index (χ0) is 42.1. The van der Waals surface area contributed by atoms with Crippen LogP contribution in [0.1, 0.15) is 0 Å². The summed E-state index contributed by atoms with van der Waals surface area (Å²) < 4.78 is 9.30. The van der Waals surface area contributed by atoms with Crippen molar-refractivity contribution in [3.8, 4) is 62.1 Å². The number of rotatable bonds is 6. The first-order valence-corrected chi connectivity index (χ1v) is 21.6. The van der Waals surface area contributed by atoms with E-state index < -0.39 is 0 Å². The molecule has 64 heavy (non-hydrogen) atoms. The maximum Gasteiger partial charge on any atom is 0.164 e. The highest BCUT2D eigenvalue weighted by atomic mass is 16.3. The summed E-state index contributed by atoms with van der Waals surface area (Å²) in [5, 5.41) is 9.44. The molecule has 5 heteroatoms. The van der Waals surface area contributed by atoms with Crippen molar-refractivity contribution in [2.75, 3.05) is 0 Å². The molecule has 0 amide bonds. The van der Waals surface area contributed by atoms with Crippen molar-refractivity contribution >= 4 is 65.3 Å². The highest BCUT2D eigenvalue weighted by Crippen LogP contribution is 2.46. The van der Waals surface area contributed by atoms with E-state index in [4.69, 9.17) is 19.4 Å². The van der Waals surface area contributed by atoms with Crippen molar-refractivity contribution in [1.29, 1.82) is 0 Å². The van der Waals surface area contributed by atoms with Crippen LogP contribution in [0.25, 0.3) is 127 Å². The van der Waals surface area contributed by atoms with Gasteiger partial charge in [0.2, 0.25) is 0 Å². The minimum absolute atomic E-state index is 0.587. The quantitative estimate of drug-likeness (QED) is 0.168. The summed E-state index contributed by atoms with van der Waals surface area (Å²) in [4.78, 5) is 14.9. The van der Waals surface area contributed by atoms with Gasteiger partial charge in [0.25, 0.3) is 0 Å². The minimum Gasteiger partial charge on any atom is -0.456 e. The highest BCUT2D eigenvalue weighted by molar-refractivity contribution is 6.31. The molecule has 0 radical (unpaired) electrons. The van der Waals surface area contributed by atoms with E-state index >= 15 is 0 Å². The van der Waals surface area contributed by atoms with Crippen LogP contribution in [0.2, 0.25) is 0 Å². The summed E-state index contributed by atoms with van der Waals surface area (Å²) >= 11 is 0. The van der Waals surface area contributed by atoms with Crippen molar-refractivity contribution in [1.82, 2.24) is 19.5 Å². The van der Waals surface area contributed by atoms with Gasteiger partial charge in [0.15, 0.2) is 17.5 Å². The summed E-state index contributed by atoms with van der Waals surface area (Å²) in [6.45, 7) is 0. The van der Waals surface area contributed by atoms with Crippen LogP contribution < -0.4 is 0 Å². The van der Waals surface area contributed by atoms with E-state index in [9.17, 15) is 0 Å². The van der Waals surface area contributed by atoms with E-state index in [1.54, 1.807) is 0 Å². The number of aromatic nitrogens is 4. The van der Waals surface area contributed by atoms with Gasteiger partial charge in [0.05, 0.1) is 11.0 Å². The molecule has 13 aromatic rings. The lowest BCUT2D eigenvalue weighted by Crippen LogP contribution is -2.00. The van der Waals surface area contributed by atoms with Gasteiger partial charge in [0, 0.05) is 50.0 Å². The Labute approximate surface area is 368 Å². The fraction of sp³-hybridized carbons (Fsp3) is 0. The lowest BCUT2D eigenvalue weighted by molar-refractivity contribution is 0.668. The molecule has 0 aliphatic rings. The Balaban J connectivity index is 1.05. The highest BCUT2D eigenvalue weighted by Gasteiger charge is 2.23. The van der Waals surface area contributed by atoms with E-state index in [1.165, 1.54) is 54.6 Å². The van der Waals surface area contributed by atoms with Gasteiger partial charge in [-0.25, -0.2) is 15.0 Å². The van der Waals surface area contributed by atoms with Gasteiger partial charge in [-0.2, -0.15) is 0 Å². The van der Waals surface area contributed by atoms with Crippen LogP contribution >= 0.6 is 0 Å². The number of fused-ring (bicyclic) bond motifs is 10. The first kappa shape index (κ1) is 36.0. The number of furan rings is 1. The molecule has 0 saturated carbocycles. The Bertz CT molecular complexity index is 3740. The molecule has 3 heterocycles. The average Bonchev–Trinajstić information content (AvgIpc) is 3.91. The topological polar surface area (TPSA) is 56.7 Å². The van der Waals surface area contributed by atoms with Crippen LogP contribution in [0.15, 0.2) is 223 Å². The van der Waals surface area contributed by atoms with Crippen molar-refractivity contribution in [3.63, 3.8) is 0 Å². The monoisotopic (exact) mass is 816 g/mol. The zero-order valence-corrected chi connectivity index (χ0v) is 34.5. The van der Waals surface area contributed by atoms with Gasteiger partial charge in [-0.15, -0.1) is 0 Å². The lowest BCUT2D eigenvalue weighted by atomic mass is 9.92. The molecule has 0 fully saturated rings. The van der Waals surface area contributed by atoms with Crippen LogP contribution in [0.3, 0.4) is 0 Å². The van der Waals surface area contributed by atoms with Gasteiger partial charge < -0.3 is 8.98 Å². The standard InChI is InChI=1S/C59H36N4O/c1-5-17-37(18-6-1)49-35-51-55(47-27-15-13-25-43(47)49)56-48-28-16-14-26-44(48)50(38-19-7-2-8-20-38)36-52(56)63(51)42-30-32-46-45-31-29-41(33-53(45)64-54(46)34-42)59-61-57(39-21-9-3-10-22-39)60-58(62-59)40-23-11-4-12-24-40/h1-36H. The summed E-state index contributed by atoms with van der Waals surface area (Å²) in [6.07, 6.45) is 0. The van der Waals surface area contributed by atoms with E-state index in [-0.39, 0.29) is 0 Å². The molecule has 0 bridgehead atoms. The maximum absolute atomic E-state index is 6.85. The molecule has 0 unspecified atom stereocenters. The maximum atomic E-state index is 6.85. The van der Waals surface area contributed by atoms with Crippen LogP contribution in [0.4, 0.5) is 0 Å². The predicted molar refractivity (Wildman–Crippen MR) is 264 cm³/mol. The molecule has 0 aliphatic carbocycles. The Kier molecular flexibility index (Phi) is 8.15. The zero-order valence-electron chi connectivity index (χ0n) is 34.5. The van der Waals surface area contributed by atoms with Gasteiger partial charge in [-0.3, -0.25) is 0 Å². The van der Waals surface area contributed by atoms with Gasteiger partial charge in [0.1, 0.15) is 11.2 Å². The predicted octanol–water partition coefficient (Wildman–Crippen LogP) is 15.5. The number of nitrogens with zero attached hydrogens (tertiary/aromatic N) is 4. The molecule has 10 aromatic carbocycles. The Morgan fingerprint density at radius 1 is 0.297 bits per heavy atom. The molecule has 3 aromatic heterocycles. The second kappa shape index (κ2) is 14.5. The number of benzene rings is 10.